The van der Waals surface area contributed by atoms with E-state index in [2.05, 4.69) is 54.6 Å². The Labute approximate surface area is 159 Å². The maximum absolute atomic E-state index is 5.87. The lowest BCUT2D eigenvalue weighted by Crippen LogP contribution is -1.96. The van der Waals surface area contributed by atoms with Crippen molar-refractivity contribution in [2.45, 2.75) is 0 Å². The van der Waals surface area contributed by atoms with Crippen LogP contribution in [-0.2, 0) is 0 Å². The number of rotatable bonds is 6. The number of para-hydroxylation sites is 1. The van der Waals surface area contributed by atoms with Crippen LogP contribution in [0.25, 0.3) is 16.9 Å². The second kappa shape index (κ2) is 8.24. The number of benzene rings is 3. The summed E-state index contributed by atoms with van der Waals surface area (Å²) in [5, 5.41) is 0. The molecule has 2 heteroatoms. The Kier molecular flexibility index (Phi) is 5.16. The Morgan fingerprint density at radius 2 is 1.37 bits per heavy atom. The third kappa shape index (κ3) is 4.18. The highest BCUT2D eigenvalue weighted by atomic mass is 16.5. The normalized spacial score (nSPS) is 11.3. The second-order valence-electron chi connectivity index (χ2n) is 6.16. The molecule has 0 aliphatic carbocycles. The van der Waals surface area contributed by atoms with E-state index in [1.807, 2.05) is 48.5 Å². The molecule has 0 fully saturated rings. The molecule has 0 N–H and O–H groups in total. The van der Waals surface area contributed by atoms with Gasteiger partial charge in [-0.1, -0.05) is 72.8 Å². The van der Waals surface area contributed by atoms with Gasteiger partial charge in [0.1, 0.15) is 18.1 Å². The molecule has 1 heterocycles. The van der Waals surface area contributed by atoms with Gasteiger partial charge in [-0.3, -0.25) is 0 Å². The standard InChI is InChI=1S/C25H20O2/c1-3-8-20(9-4-1)24(17-19-26-23-10-5-2-6-11-23)21-13-15-22(16-14-21)25-12-7-18-27-25/h1-18H,19H2. The Balaban J connectivity index is 1.61. The average Bonchev–Trinajstić information content (AvgIpc) is 3.28. The fourth-order valence-electron chi connectivity index (χ4n) is 3.01. The summed E-state index contributed by atoms with van der Waals surface area (Å²) in [6.45, 7) is 0.508. The first-order chi connectivity index (χ1) is 13.4. The quantitative estimate of drug-likeness (QED) is 0.397. The Morgan fingerprint density at radius 3 is 2.04 bits per heavy atom. The highest BCUT2D eigenvalue weighted by Gasteiger charge is 2.07. The van der Waals surface area contributed by atoms with E-state index in [1.54, 1.807) is 6.26 Å². The van der Waals surface area contributed by atoms with Crippen LogP contribution in [0.2, 0.25) is 0 Å². The van der Waals surface area contributed by atoms with E-state index in [0.29, 0.717) is 6.61 Å². The van der Waals surface area contributed by atoms with Crippen LogP contribution in [0.3, 0.4) is 0 Å². The SMILES string of the molecule is C(COc1ccccc1)=C(c1ccccc1)c1ccc(-c2ccco2)cc1. The Hall–Kier alpha value is -3.52. The molecule has 0 spiro atoms. The molecule has 0 saturated heterocycles. The van der Waals surface area contributed by atoms with Crippen molar-refractivity contribution in [2.75, 3.05) is 6.61 Å². The summed E-state index contributed by atoms with van der Waals surface area (Å²) in [5.41, 5.74) is 4.53. The summed E-state index contributed by atoms with van der Waals surface area (Å²) >= 11 is 0. The van der Waals surface area contributed by atoms with Gasteiger partial charge in [-0.05, 0) is 47.0 Å². The summed E-state index contributed by atoms with van der Waals surface area (Å²) in [4.78, 5) is 0. The van der Waals surface area contributed by atoms with Crippen molar-refractivity contribution in [1.82, 2.24) is 0 Å². The van der Waals surface area contributed by atoms with Crippen molar-refractivity contribution in [3.63, 3.8) is 0 Å². The van der Waals surface area contributed by atoms with Gasteiger partial charge in [0.05, 0.1) is 6.26 Å². The lowest BCUT2D eigenvalue weighted by atomic mass is 9.96. The molecule has 0 aliphatic heterocycles. The first-order valence-electron chi connectivity index (χ1n) is 8.98. The molecule has 27 heavy (non-hydrogen) atoms. The smallest absolute Gasteiger partial charge is 0.133 e. The fraction of sp³-hybridized carbons (Fsp3) is 0.0400. The minimum Gasteiger partial charge on any atom is -0.490 e. The molecule has 0 bridgehead atoms. The van der Waals surface area contributed by atoms with Crippen LogP contribution in [0.4, 0.5) is 0 Å². The van der Waals surface area contributed by atoms with Gasteiger partial charge in [-0.25, -0.2) is 0 Å². The highest BCUT2D eigenvalue weighted by Crippen LogP contribution is 2.27. The molecule has 0 unspecified atom stereocenters. The summed E-state index contributed by atoms with van der Waals surface area (Å²) < 4.78 is 11.4. The third-order valence-corrected chi connectivity index (χ3v) is 4.37. The summed E-state index contributed by atoms with van der Waals surface area (Å²) in [6, 6.07) is 32.5. The van der Waals surface area contributed by atoms with E-state index in [1.165, 1.54) is 5.56 Å². The molecule has 0 amide bonds. The van der Waals surface area contributed by atoms with Crippen LogP contribution in [-0.4, -0.2) is 6.61 Å². The fourth-order valence-corrected chi connectivity index (χ4v) is 3.01. The van der Waals surface area contributed by atoms with Crippen LogP contribution < -0.4 is 4.74 Å². The monoisotopic (exact) mass is 352 g/mol. The van der Waals surface area contributed by atoms with Crippen molar-refractivity contribution in [1.29, 1.82) is 0 Å². The number of furan rings is 1. The summed E-state index contributed by atoms with van der Waals surface area (Å²) in [5.74, 6) is 1.74. The van der Waals surface area contributed by atoms with Crippen LogP contribution in [0.15, 0.2) is 114 Å². The average molecular weight is 352 g/mol. The van der Waals surface area contributed by atoms with Gasteiger partial charge in [0.25, 0.3) is 0 Å². The van der Waals surface area contributed by atoms with Crippen LogP contribution in [0.1, 0.15) is 11.1 Å². The van der Waals surface area contributed by atoms with Gasteiger partial charge in [0, 0.05) is 5.56 Å². The molecule has 0 saturated carbocycles. The van der Waals surface area contributed by atoms with E-state index in [4.69, 9.17) is 9.15 Å². The zero-order valence-corrected chi connectivity index (χ0v) is 14.9. The van der Waals surface area contributed by atoms with Gasteiger partial charge in [0.15, 0.2) is 0 Å². The third-order valence-electron chi connectivity index (χ3n) is 4.37. The summed E-state index contributed by atoms with van der Waals surface area (Å²) in [6.07, 6.45) is 3.82. The van der Waals surface area contributed by atoms with Gasteiger partial charge in [0.2, 0.25) is 0 Å². The Bertz CT molecular complexity index is 983. The zero-order valence-electron chi connectivity index (χ0n) is 14.9. The minimum atomic E-state index is 0.508. The number of hydrogen-bond acceptors (Lipinski definition) is 2. The van der Waals surface area contributed by atoms with Crippen molar-refractivity contribution < 1.29 is 9.15 Å². The molecule has 0 aliphatic rings. The number of ether oxygens (including phenoxy) is 1. The molecule has 3 aromatic carbocycles. The van der Waals surface area contributed by atoms with Gasteiger partial charge in [-0.15, -0.1) is 0 Å². The zero-order chi connectivity index (χ0) is 18.3. The predicted molar refractivity (Wildman–Crippen MR) is 110 cm³/mol. The van der Waals surface area contributed by atoms with Gasteiger partial charge < -0.3 is 9.15 Å². The topological polar surface area (TPSA) is 22.4 Å². The van der Waals surface area contributed by atoms with E-state index in [9.17, 15) is 0 Å². The van der Waals surface area contributed by atoms with E-state index >= 15 is 0 Å². The van der Waals surface area contributed by atoms with Crippen LogP contribution >= 0.6 is 0 Å². The van der Waals surface area contributed by atoms with Crippen molar-refractivity contribution in [2.24, 2.45) is 0 Å². The number of hydrogen-bond donors (Lipinski definition) is 0. The molecule has 4 aromatic rings. The maximum atomic E-state index is 5.87. The van der Waals surface area contributed by atoms with Crippen molar-refractivity contribution in [3.05, 3.63) is 121 Å². The predicted octanol–water partition coefficient (Wildman–Crippen LogP) is 6.46. The molecule has 1 aromatic heterocycles. The van der Waals surface area contributed by atoms with E-state index in [-0.39, 0.29) is 0 Å². The van der Waals surface area contributed by atoms with Gasteiger partial charge >= 0.3 is 0 Å². The van der Waals surface area contributed by atoms with Crippen LogP contribution in [0, 0.1) is 0 Å². The van der Waals surface area contributed by atoms with Crippen molar-refractivity contribution in [3.8, 4) is 17.1 Å². The maximum Gasteiger partial charge on any atom is 0.133 e. The molecule has 2 nitrogen and oxygen atoms in total. The molecule has 132 valence electrons. The molecule has 0 atom stereocenters. The highest BCUT2D eigenvalue weighted by molar-refractivity contribution is 5.80. The Morgan fingerprint density at radius 1 is 0.704 bits per heavy atom. The lowest BCUT2D eigenvalue weighted by Gasteiger charge is -2.10. The summed E-state index contributed by atoms with van der Waals surface area (Å²) in [7, 11) is 0. The largest absolute Gasteiger partial charge is 0.490 e. The molecular formula is C25H20O2. The lowest BCUT2D eigenvalue weighted by molar-refractivity contribution is 0.363. The first-order valence-corrected chi connectivity index (χ1v) is 8.98. The molecule has 0 radical (unpaired) electrons. The van der Waals surface area contributed by atoms with Crippen molar-refractivity contribution >= 4 is 5.57 Å². The molecular weight excluding hydrogens is 332 g/mol. The second-order valence-corrected chi connectivity index (χ2v) is 6.16. The van der Waals surface area contributed by atoms with Crippen LogP contribution in [0.5, 0.6) is 5.75 Å². The molecule has 4 rings (SSSR count). The first kappa shape index (κ1) is 16.9. The van der Waals surface area contributed by atoms with E-state index < -0.39 is 0 Å². The van der Waals surface area contributed by atoms with E-state index in [0.717, 1.165) is 28.2 Å². The minimum absolute atomic E-state index is 0.508. The van der Waals surface area contributed by atoms with Gasteiger partial charge in [-0.2, -0.15) is 0 Å².